The molecule has 2 rings (SSSR count). The Morgan fingerprint density at radius 2 is 1.43 bits per heavy atom. The van der Waals surface area contributed by atoms with Gasteiger partial charge in [0.15, 0.2) is 5.11 Å². The smallest absolute Gasteiger partial charge is 0.255 e. The Kier molecular flexibility index (Phi) is 9.15. The Morgan fingerprint density at radius 3 is 2.07 bits per heavy atom. The highest BCUT2D eigenvalue weighted by Crippen LogP contribution is 2.15. The van der Waals surface area contributed by atoms with E-state index in [1.165, 1.54) is 19.3 Å². The normalized spacial score (nSPS) is 10.2. The third-order valence-corrected chi connectivity index (χ3v) is 4.40. The van der Waals surface area contributed by atoms with Gasteiger partial charge >= 0.3 is 0 Å². The molecule has 0 bridgehead atoms. The topological polar surface area (TPSA) is 70.2 Å². The van der Waals surface area contributed by atoms with Crippen LogP contribution in [0.5, 0.6) is 0 Å². The minimum atomic E-state index is -0.164. The van der Waals surface area contributed by atoms with E-state index in [1.807, 2.05) is 18.2 Å². The molecule has 0 unspecified atom stereocenters. The zero-order chi connectivity index (χ0) is 20.2. The fraction of sp³-hybridized carbons (Fsp3) is 0.318. The van der Waals surface area contributed by atoms with Crippen molar-refractivity contribution >= 4 is 40.5 Å². The Balaban J connectivity index is 1.74. The van der Waals surface area contributed by atoms with E-state index in [-0.39, 0.29) is 16.9 Å². The monoisotopic (exact) mass is 397 g/mol. The molecule has 0 aliphatic rings. The molecule has 0 aromatic heterocycles. The molecule has 0 saturated heterocycles. The van der Waals surface area contributed by atoms with Gasteiger partial charge in [-0.3, -0.25) is 9.59 Å². The molecule has 5 nitrogen and oxygen atoms in total. The number of benzene rings is 2. The summed E-state index contributed by atoms with van der Waals surface area (Å²) in [5.74, 6) is -0.233. The molecule has 0 atom stereocenters. The van der Waals surface area contributed by atoms with Crippen LogP contribution >= 0.6 is 12.2 Å². The van der Waals surface area contributed by atoms with Gasteiger partial charge in [-0.05, 0) is 55.0 Å². The van der Waals surface area contributed by atoms with Gasteiger partial charge in [-0.25, -0.2) is 0 Å². The Labute approximate surface area is 171 Å². The minimum Gasteiger partial charge on any atom is -0.332 e. The first kappa shape index (κ1) is 21.6. The predicted octanol–water partition coefficient (Wildman–Crippen LogP) is 5.11. The van der Waals surface area contributed by atoms with Crippen molar-refractivity contribution in [3.05, 3.63) is 60.2 Å². The van der Waals surface area contributed by atoms with Gasteiger partial charge in [0.25, 0.3) is 5.91 Å². The van der Waals surface area contributed by atoms with Crippen LogP contribution < -0.4 is 16.0 Å². The summed E-state index contributed by atoms with van der Waals surface area (Å²) in [7, 11) is 0. The fourth-order valence-corrected chi connectivity index (χ4v) is 2.90. The molecule has 2 aromatic carbocycles. The van der Waals surface area contributed by atoms with Gasteiger partial charge in [0.2, 0.25) is 5.91 Å². The lowest BCUT2D eigenvalue weighted by molar-refractivity contribution is -0.119. The molecule has 2 amide bonds. The van der Waals surface area contributed by atoms with E-state index in [4.69, 9.17) is 12.2 Å². The molecule has 0 spiro atoms. The largest absolute Gasteiger partial charge is 0.332 e. The van der Waals surface area contributed by atoms with Crippen LogP contribution in [0.25, 0.3) is 0 Å². The summed E-state index contributed by atoms with van der Waals surface area (Å²) >= 11 is 5.19. The molecule has 0 heterocycles. The first-order valence-electron chi connectivity index (χ1n) is 9.66. The average molecular weight is 398 g/mol. The van der Waals surface area contributed by atoms with Gasteiger partial charge < -0.3 is 16.0 Å². The molecule has 0 aliphatic carbocycles. The first-order valence-corrected chi connectivity index (χ1v) is 10.1. The van der Waals surface area contributed by atoms with Crippen molar-refractivity contribution in [3.8, 4) is 0 Å². The maximum atomic E-state index is 12.1. The van der Waals surface area contributed by atoms with Crippen LogP contribution in [0.15, 0.2) is 54.6 Å². The molecule has 3 N–H and O–H groups in total. The van der Waals surface area contributed by atoms with Crippen LogP contribution in [0.4, 0.5) is 11.4 Å². The summed E-state index contributed by atoms with van der Waals surface area (Å²) in [6.07, 6.45) is 6.00. The fourth-order valence-electron chi connectivity index (χ4n) is 2.67. The molecule has 28 heavy (non-hydrogen) atoms. The van der Waals surface area contributed by atoms with Crippen molar-refractivity contribution in [2.45, 2.75) is 45.4 Å². The van der Waals surface area contributed by atoms with E-state index in [2.05, 4.69) is 22.9 Å². The van der Waals surface area contributed by atoms with Gasteiger partial charge in [0, 0.05) is 23.4 Å². The second kappa shape index (κ2) is 11.9. The third-order valence-electron chi connectivity index (χ3n) is 4.20. The highest BCUT2D eigenvalue weighted by atomic mass is 32.1. The number of carbonyl (C=O) groups is 2. The van der Waals surface area contributed by atoms with Gasteiger partial charge in [-0.2, -0.15) is 0 Å². The quantitative estimate of drug-likeness (QED) is 0.406. The van der Waals surface area contributed by atoms with Crippen molar-refractivity contribution in [2.24, 2.45) is 0 Å². The van der Waals surface area contributed by atoms with Crippen LogP contribution in [-0.2, 0) is 4.79 Å². The zero-order valence-corrected chi connectivity index (χ0v) is 17.0. The highest BCUT2D eigenvalue weighted by Gasteiger charge is 2.07. The average Bonchev–Trinajstić information content (AvgIpc) is 2.70. The van der Waals surface area contributed by atoms with Crippen molar-refractivity contribution in [1.29, 1.82) is 0 Å². The van der Waals surface area contributed by atoms with Crippen LogP contribution in [-0.4, -0.2) is 16.9 Å². The summed E-state index contributed by atoms with van der Waals surface area (Å²) in [5, 5.41) is 8.80. The number of carbonyl (C=O) groups excluding carboxylic acids is 2. The molecule has 2 aromatic rings. The molecule has 0 aliphatic heterocycles. The summed E-state index contributed by atoms with van der Waals surface area (Å²) in [5.41, 5.74) is 2.02. The number of thiocarbonyl (C=S) groups is 1. The number of unbranched alkanes of at least 4 members (excludes halogenated alkanes) is 4. The third kappa shape index (κ3) is 7.88. The molecular formula is C22H27N3O2S. The number of rotatable bonds is 9. The van der Waals surface area contributed by atoms with Crippen LogP contribution in [0.3, 0.4) is 0 Å². The van der Waals surface area contributed by atoms with Crippen LogP contribution in [0, 0.1) is 0 Å². The molecule has 0 saturated carbocycles. The Hall–Kier alpha value is -2.73. The SMILES string of the molecule is CCCCCCCC(=O)NC(=S)Nc1ccc(NC(=O)c2ccccc2)cc1. The number of anilines is 2. The van der Waals surface area contributed by atoms with E-state index in [0.29, 0.717) is 17.7 Å². The van der Waals surface area contributed by atoms with E-state index in [1.54, 1.807) is 36.4 Å². The Morgan fingerprint density at radius 1 is 0.821 bits per heavy atom. The number of nitrogens with one attached hydrogen (secondary N) is 3. The lowest BCUT2D eigenvalue weighted by Crippen LogP contribution is -2.33. The first-order chi connectivity index (χ1) is 13.6. The minimum absolute atomic E-state index is 0.0688. The van der Waals surface area contributed by atoms with E-state index in [0.717, 1.165) is 18.5 Å². The lowest BCUT2D eigenvalue weighted by atomic mass is 10.1. The van der Waals surface area contributed by atoms with Crippen molar-refractivity contribution < 1.29 is 9.59 Å². The summed E-state index contributed by atoms with van der Waals surface area (Å²) in [6, 6.07) is 16.2. The van der Waals surface area contributed by atoms with Crippen LogP contribution in [0.1, 0.15) is 55.8 Å². The van der Waals surface area contributed by atoms with Crippen molar-refractivity contribution in [3.63, 3.8) is 0 Å². The van der Waals surface area contributed by atoms with Gasteiger partial charge in [0.1, 0.15) is 0 Å². The molecule has 0 fully saturated rings. The summed E-state index contributed by atoms with van der Waals surface area (Å²) < 4.78 is 0. The lowest BCUT2D eigenvalue weighted by Gasteiger charge is -2.11. The maximum Gasteiger partial charge on any atom is 0.255 e. The Bertz CT molecular complexity index is 776. The van der Waals surface area contributed by atoms with Crippen molar-refractivity contribution in [1.82, 2.24) is 5.32 Å². The zero-order valence-electron chi connectivity index (χ0n) is 16.2. The van der Waals surface area contributed by atoms with Gasteiger partial charge in [0.05, 0.1) is 0 Å². The van der Waals surface area contributed by atoms with E-state index >= 15 is 0 Å². The second-order valence-electron chi connectivity index (χ2n) is 6.56. The van der Waals surface area contributed by atoms with Crippen molar-refractivity contribution in [2.75, 3.05) is 10.6 Å². The number of hydrogen-bond donors (Lipinski definition) is 3. The number of amides is 2. The van der Waals surface area contributed by atoms with Gasteiger partial charge in [-0.15, -0.1) is 0 Å². The summed E-state index contributed by atoms with van der Waals surface area (Å²) in [6.45, 7) is 2.17. The van der Waals surface area contributed by atoms with Crippen LogP contribution in [0.2, 0.25) is 0 Å². The maximum absolute atomic E-state index is 12.1. The van der Waals surface area contributed by atoms with E-state index in [9.17, 15) is 9.59 Å². The molecule has 148 valence electrons. The summed E-state index contributed by atoms with van der Waals surface area (Å²) in [4.78, 5) is 24.0. The predicted molar refractivity (Wildman–Crippen MR) is 119 cm³/mol. The van der Waals surface area contributed by atoms with Gasteiger partial charge in [-0.1, -0.05) is 50.8 Å². The standard InChI is InChI=1S/C22H27N3O2S/c1-2-3-4-5-9-12-20(26)25-22(28)24-19-15-13-18(14-16-19)23-21(27)17-10-7-6-8-11-17/h6-8,10-11,13-16H,2-5,9,12H2,1H3,(H,23,27)(H2,24,25,26,28). The number of hydrogen-bond acceptors (Lipinski definition) is 3. The van der Waals surface area contributed by atoms with E-state index < -0.39 is 0 Å². The second-order valence-corrected chi connectivity index (χ2v) is 6.97. The highest BCUT2D eigenvalue weighted by molar-refractivity contribution is 7.80. The molecular weight excluding hydrogens is 370 g/mol. The molecule has 0 radical (unpaired) electrons. The molecule has 6 heteroatoms.